The second kappa shape index (κ2) is 6.13. The number of rotatable bonds is 7. The number of nitrogens with one attached hydrogen (secondary N) is 1. The highest BCUT2D eigenvalue weighted by Gasteiger charge is 2.22. The summed E-state index contributed by atoms with van der Waals surface area (Å²) >= 11 is 0. The van der Waals surface area contributed by atoms with Crippen LogP contribution in [0, 0.1) is 17.8 Å². The van der Waals surface area contributed by atoms with Gasteiger partial charge in [-0.1, -0.05) is 20.8 Å². The fourth-order valence-electron chi connectivity index (χ4n) is 1.65. The topological polar surface area (TPSA) is 60.2 Å². The fraction of sp³-hybridized carbons (Fsp3) is 0.667. The number of aromatic nitrogens is 1. The maximum Gasteiger partial charge on any atom is 0.239 e. The minimum Gasteiger partial charge on any atom is -0.476 e. The van der Waals surface area contributed by atoms with Crippen molar-refractivity contribution < 1.29 is 4.74 Å². The van der Waals surface area contributed by atoms with E-state index in [4.69, 9.17) is 10.5 Å². The van der Waals surface area contributed by atoms with Crippen molar-refractivity contribution in [3.63, 3.8) is 0 Å². The molecule has 0 aromatic carbocycles. The molecule has 4 nitrogen and oxygen atoms in total. The summed E-state index contributed by atoms with van der Waals surface area (Å²) in [6.07, 6.45) is 2.54. The first kappa shape index (κ1) is 14.0. The molecule has 4 heteroatoms. The summed E-state index contributed by atoms with van der Waals surface area (Å²) in [5, 5.41) is 3.35. The van der Waals surface area contributed by atoms with Crippen LogP contribution in [0.1, 0.15) is 33.6 Å². The predicted octanol–water partition coefficient (Wildman–Crippen LogP) is 3.16. The van der Waals surface area contributed by atoms with Gasteiger partial charge < -0.3 is 15.8 Å². The number of pyridine rings is 1. The third kappa shape index (κ3) is 4.30. The molecule has 19 heavy (non-hydrogen) atoms. The minimum atomic E-state index is 0.564. The average Bonchev–Trinajstić information content (AvgIpc) is 3.19. The normalized spacial score (nSPS) is 16.4. The van der Waals surface area contributed by atoms with Crippen LogP contribution in [0.15, 0.2) is 12.1 Å². The van der Waals surface area contributed by atoms with Crippen molar-refractivity contribution in [2.24, 2.45) is 17.8 Å². The van der Waals surface area contributed by atoms with E-state index < -0.39 is 0 Å². The van der Waals surface area contributed by atoms with Crippen molar-refractivity contribution in [2.45, 2.75) is 33.6 Å². The molecule has 1 aromatic heterocycles. The van der Waals surface area contributed by atoms with Crippen LogP contribution in [-0.2, 0) is 0 Å². The number of hydrogen-bond acceptors (Lipinski definition) is 4. The van der Waals surface area contributed by atoms with Crippen molar-refractivity contribution in [3.05, 3.63) is 12.1 Å². The summed E-state index contributed by atoms with van der Waals surface area (Å²) < 4.78 is 5.68. The zero-order valence-electron chi connectivity index (χ0n) is 12.1. The van der Waals surface area contributed by atoms with Gasteiger partial charge in [0.1, 0.15) is 5.82 Å². The second-order valence-corrected chi connectivity index (χ2v) is 5.95. The van der Waals surface area contributed by atoms with E-state index in [1.807, 2.05) is 12.1 Å². The number of nitrogens with two attached hydrogens (primary N) is 1. The molecule has 0 aliphatic heterocycles. The van der Waals surface area contributed by atoms with Gasteiger partial charge in [-0.25, -0.2) is 0 Å². The second-order valence-electron chi connectivity index (χ2n) is 5.95. The van der Waals surface area contributed by atoms with Crippen LogP contribution in [0.3, 0.4) is 0 Å². The third-order valence-electron chi connectivity index (χ3n) is 3.79. The Morgan fingerprint density at radius 3 is 2.74 bits per heavy atom. The Morgan fingerprint density at radius 1 is 1.37 bits per heavy atom. The molecule has 0 amide bonds. The van der Waals surface area contributed by atoms with E-state index >= 15 is 0 Å². The van der Waals surface area contributed by atoms with Crippen molar-refractivity contribution in [2.75, 3.05) is 24.2 Å². The monoisotopic (exact) mass is 263 g/mol. The molecule has 0 saturated heterocycles. The smallest absolute Gasteiger partial charge is 0.239 e. The van der Waals surface area contributed by atoms with Crippen LogP contribution in [-0.4, -0.2) is 18.1 Å². The largest absolute Gasteiger partial charge is 0.476 e. The first-order chi connectivity index (χ1) is 9.06. The van der Waals surface area contributed by atoms with E-state index in [-0.39, 0.29) is 0 Å². The van der Waals surface area contributed by atoms with Gasteiger partial charge in [0.05, 0.1) is 12.3 Å². The molecule has 1 atom stereocenters. The Bertz CT molecular complexity index is 416. The SMILES string of the molecule is CC(C)C(C)CNc1ccc(N)c(OCC2CC2)n1. The molecule has 2 rings (SSSR count). The van der Waals surface area contributed by atoms with Crippen LogP contribution in [0.4, 0.5) is 11.5 Å². The van der Waals surface area contributed by atoms with E-state index in [0.717, 1.165) is 19.0 Å². The molecule has 0 radical (unpaired) electrons. The average molecular weight is 263 g/mol. The quantitative estimate of drug-likeness (QED) is 0.793. The van der Waals surface area contributed by atoms with E-state index in [9.17, 15) is 0 Å². The van der Waals surface area contributed by atoms with E-state index in [0.29, 0.717) is 29.3 Å². The highest BCUT2D eigenvalue weighted by atomic mass is 16.5. The Labute approximate surface area is 115 Å². The maximum atomic E-state index is 5.88. The Balaban J connectivity index is 1.90. The summed E-state index contributed by atoms with van der Waals surface area (Å²) in [5.41, 5.74) is 6.50. The number of ether oxygens (including phenoxy) is 1. The highest BCUT2D eigenvalue weighted by molar-refractivity contribution is 5.53. The summed E-state index contributed by atoms with van der Waals surface area (Å²) in [7, 11) is 0. The van der Waals surface area contributed by atoms with Gasteiger partial charge in [-0.05, 0) is 42.7 Å². The van der Waals surface area contributed by atoms with Crippen LogP contribution in [0.25, 0.3) is 0 Å². The zero-order valence-corrected chi connectivity index (χ0v) is 12.1. The van der Waals surface area contributed by atoms with Crippen molar-refractivity contribution in [1.82, 2.24) is 4.98 Å². The van der Waals surface area contributed by atoms with Crippen LogP contribution in [0.2, 0.25) is 0 Å². The fourth-order valence-corrected chi connectivity index (χ4v) is 1.65. The molecule has 0 bridgehead atoms. The molecule has 106 valence electrons. The van der Waals surface area contributed by atoms with E-state index in [2.05, 4.69) is 31.1 Å². The lowest BCUT2D eigenvalue weighted by atomic mass is 9.98. The molecule has 0 spiro atoms. The van der Waals surface area contributed by atoms with Gasteiger partial charge >= 0.3 is 0 Å². The lowest BCUT2D eigenvalue weighted by molar-refractivity contribution is 0.290. The van der Waals surface area contributed by atoms with Crippen molar-refractivity contribution in [1.29, 1.82) is 0 Å². The van der Waals surface area contributed by atoms with Crippen LogP contribution in [0.5, 0.6) is 5.88 Å². The lowest BCUT2D eigenvalue weighted by Gasteiger charge is -2.17. The maximum absolute atomic E-state index is 5.88. The van der Waals surface area contributed by atoms with Crippen molar-refractivity contribution in [3.8, 4) is 5.88 Å². The minimum absolute atomic E-state index is 0.564. The predicted molar refractivity (Wildman–Crippen MR) is 79.4 cm³/mol. The third-order valence-corrected chi connectivity index (χ3v) is 3.79. The van der Waals surface area contributed by atoms with Crippen molar-refractivity contribution >= 4 is 11.5 Å². The summed E-state index contributed by atoms with van der Waals surface area (Å²) in [4.78, 5) is 4.44. The molecule has 1 fully saturated rings. The Morgan fingerprint density at radius 2 is 2.11 bits per heavy atom. The standard InChI is InChI=1S/C15H25N3O/c1-10(2)11(3)8-17-14-7-6-13(16)15(18-14)19-9-12-4-5-12/h6-7,10-12H,4-5,8-9,16H2,1-3H3,(H,17,18). The van der Waals surface area contributed by atoms with Gasteiger partial charge in [0.15, 0.2) is 0 Å². The zero-order chi connectivity index (χ0) is 13.8. The molecule has 1 aromatic rings. The van der Waals surface area contributed by atoms with Gasteiger partial charge in [0.2, 0.25) is 5.88 Å². The number of anilines is 2. The molecule has 3 N–H and O–H groups in total. The Hall–Kier alpha value is -1.45. The van der Waals surface area contributed by atoms with E-state index in [1.54, 1.807) is 0 Å². The van der Waals surface area contributed by atoms with Gasteiger partial charge in [0.25, 0.3) is 0 Å². The molecule has 1 saturated carbocycles. The summed E-state index contributed by atoms with van der Waals surface area (Å²) in [6, 6.07) is 3.77. The number of nitrogen functional groups attached to an aromatic ring is 1. The van der Waals surface area contributed by atoms with Gasteiger partial charge in [-0.2, -0.15) is 4.98 Å². The van der Waals surface area contributed by atoms with Gasteiger partial charge in [-0.3, -0.25) is 0 Å². The molecule has 1 aliphatic carbocycles. The molecule has 1 aliphatic rings. The number of hydrogen-bond donors (Lipinski definition) is 2. The Kier molecular flexibility index (Phi) is 4.51. The van der Waals surface area contributed by atoms with Crippen LogP contribution < -0.4 is 15.8 Å². The summed E-state index contributed by atoms with van der Waals surface area (Å²) in [6.45, 7) is 8.35. The van der Waals surface area contributed by atoms with Crippen LogP contribution >= 0.6 is 0 Å². The molecular formula is C15H25N3O. The van der Waals surface area contributed by atoms with Gasteiger partial charge in [-0.15, -0.1) is 0 Å². The molecular weight excluding hydrogens is 238 g/mol. The molecule has 1 unspecified atom stereocenters. The van der Waals surface area contributed by atoms with Gasteiger partial charge in [0, 0.05) is 6.54 Å². The lowest BCUT2D eigenvalue weighted by Crippen LogP contribution is -2.17. The molecule has 1 heterocycles. The highest BCUT2D eigenvalue weighted by Crippen LogP contribution is 2.30. The first-order valence-electron chi connectivity index (χ1n) is 7.19. The summed E-state index contributed by atoms with van der Waals surface area (Å²) in [5.74, 6) is 3.38. The number of nitrogens with zero attached hydrogens (tertiary/aromatic N) is 1. The first-order valence-corrected chi connectivity index (χ1v) is 7.19. The van der Waals surface area contributed by atoms with E-state index in [1.165, 1.54) is 12.8 Å².